The van der Waals surface area contributed by atoms with Crippen molar-refractivity contribution in [2.75, 3.05) is 13.7 Å². The van der Waals surface area contributed by atoms with Crippen LogP contribution in [0.15, 0.2) is 76.6 Å². The Morgan fingerprint density at radius 3 is 2.35 bits per heavy atom. The number of nitrogens with zero attached hydrogens (tertiary/aromatic N) is 1. The average Bonchev–Trinajstić information content (AvgIpc) is 2.95. The maximum absolute atomic E-state index is 14.0. The van der Waals surface area contributed by atoms with Crippen molar-refractivity contribution in [3.63, 3.8) is 0 Å². The molecule has 0 aliphatic rings. The second-order valence-corrected chi connectivity index (χ2v) is 10.7. The Morgan fingerprint density at radius 2 is 1.62 bits per heavy atom. The van der Waals surface area contributed by atoms with Gasteiger partial charge >= 0.3 is 0 Å². The van der Waals surface area contributed by atoms with Crippen molar-refractivity contribution in [1.82, 2.24) is 4.57 Å². The lowest BCUT2D eigenvalue weighted by Crippen LogP contribution is -2.24. The third-order valence-corrected chi connectivity index (χ3v) is 7.10. The van der Waals surface area contributed by atoms with Gasteiger partial charge in [-0.25, -0.2) is 0 Å². The van der Waals surface area contributed by atoms with Gasteiger partial charge in [-0.2, -0.15) is 0 Å². The van der Waals surface area contributed by atoms with E-state index in [0.717, 1.165) is 42.1 Å². The summed E-state index contributed by atoms with van der Waals surface area (Å²) in [4.78, 5) is 14.0. The monoisotopic (exact) mass is 545 g/mol. The molecule has 0 N–H and O–H groups in total. The minimum absolute atomic E-state index is 0.159. The molecule has 0 saturated carbocycles. The van der Waals surface area contributed by atoms with Gasteiger partial charge in [-0.05, 0) is 63.8 Å². The van der Waals surface area contributed by atoms with E-state index in [1.54, 1.807) is 7.11 Å². The number of benzene rings is 2. The molecule has 0 aliphatic carbocycles. The van der Waals surface area contributed by atoms with Crippen LogP contribution in [0.25, 0.3) is 10.9 Å². The number of fused-ring (bicyclic) bond motifs is 1. The van der Waals surface area contributed by atoms with Crippen molar-refractivity contribution in [3.8, 4) is 17.2 Å². The van der Waals surface area contributed by atoms with E-state index in [9.17, 15) is 4.79 Å². The smallest absolute Gasteiger partial charge is 0.297 e. The van der Waals surface area contributed by atoms with Crippen molar-refractivity contribution in [1.29, 1.82) is 0 Å². The molecular weight excluding hydrogens is 498 g/mol. The normalized spacial score (nSPS) is 11.5. The highest BCUT2D eigenvalue weighted by atomic mass is 16.5. The van der Waals surface area contributed by atoms with Crippen LogP contribution in [0.5, 0.6) is 17.2 Å². The topological polar surface area (TPSA) is 49.7 Å². The zero-order valence-electron chi connectivity index (χ0n) is 25.1. The fourth-order valence-corrected chi connectivity index (χ4v) is 4.74. The predicted octanol–water partition coefficient (Wildman–Crippen LogP) is 9.02. The van der Waals surface area contributed by atoms with Gasteiger partial charge in [0.2, 0.25) is 5.75 Å². The Morgan fingerprint density at radius 1 is 0.875 bits per heavy atom. The molecule has 5 nitrogen and oxygen atoms in total. The molecule has 1 heterocycles. The predicted molar refractivity (Wildman–Crippen MR) is 167 cm³/mol. The summed E-state index contributed by atoms with van der Waals surface area (Å²) >= 11 is 0. The van der Waals surface area contributed by atoms with E-state index < -0.39 is 0 Å². The second-order valence-electron chi connectivity index (χ2n) is 10.7. The molecule has 0 saturated heterocycles. The van der Waals surface area contributed by atoms with Crippen molar-refractivity contribution >= 4 is 10.9 Å². The third-order valence-electron chi connectivity index (χ3n) is 7.10. The Bertz CT molecular complexity index is 1320. The number of hydrogen-bond acceptors (Lipinski definition) is 4. The zero-order valence-corrected chi connectivity index (χ0v) is 25.1. The van der Waals surface area contributed by atoms with Gasteiger partial charge in [-0.15, -0.1) is 0 Å². The fraction of sp³-hybridized carbons (Fsp3) is 0.457. The Hall–Kier alpha value is -3.47. The maximum atomic E-state index is 14.0. The molecule has 0 aliphatic heterocycles. The van der Waals surface area contributed by atoms with Crippen molar-refractivity contribution in [2.45, 2.75) is 92.2 Å². The van der Waals surface area contributed by atoms with Crippen LogP contribution in [0, 0.1) is 0 Å². The number of rotatable bonds is 17. The SMILES string of the molecule is CCCCCCCCn1c(=O)c(OC/C=C(\C)CCC=C(C)C)c(OCc2ccccc2)c2ccc(OC)cc21. The quantitative estimate of drug-likeness (QED) is 0.125. The number of aromatic nitrogens is 1. The molecule has 0 bridgehead atoms. The molecule has 5 heteroatoms. The first-order valence-electron chi connectivity index (χ1n) is 14.8. The van der Waals surface area contributed by atoms with E-state index >= 15 is 0 Å². The summed E-state index contributed by atoms with van der Waals surface area (Å²) in [5.74, 6) is 1.47. The average molecular weight is 546 g/mol. The molecule has 216 valence electrons. The van der Waals surface area contributed by atoms with Crippen LogP contribution in [-0.4, -0.2) is 18.3 Å². The maximum Gasteiger partial charge on any atom is 0.297 e. The van der Waals surface area contributed by atoms with Crippen LogP contribution >= 0.6 is 0 Å². The highest BCUT2D eigenvalue weighted by Crippen LogP contribution is 2.35. The lowest BCUT2D eigenvalue weighted by molar-refractivity contribution is 0.274. The second kappa shape index (κ2) is 16.6. The summed E-state index contributed by atoms with van der Waals surface area (Å²) in [5.41, 5.74) is 4.24. The van der Waals surface area contributed by atoms with Crippen molar-refractivity contribution in [2.24, 2.45) is 0 Å². The van der Waals surface area contributed by atoms with Crippen LogP contribution < -0.4 is 19.8 Å². The van der Waals surface area contributed by atoms with Crippen LogP contribution in [0.2, 0.25) is 0 Å². The first-order chi connectivity index (χ1) is 19.4. The van der Waals surface area contributed by atoms with Gasteiger partial charge in [0.25, 0.3) is 5.56 Å². The summed E-state index contributed by atoms with van der Waals surface area (Å²) in [6, 6.07) is 15.8. The van der Waals surface area contributed by atoms with Gasteiger partial charge in [-0.3, -0.25) is 4.79 Å². The molecule has 2 aromatic carbocycles. The van der Waals surface area contributed by atoms with Gasteiger partial charge < -0.3 is 18.8 Å². The largest absolute Gasteiger partial charge is 0.497 e. The lowest BCUT2D eigenvalue weighted by atomic mass is 10.1. The van der Waals surface area contributed by atoms with Gasteiger partial charge in [0.1, 0.15) is 19.0 Å². The highest BCUT2D eigenvalue weighted by molar-refractivity contribution is 5.89. The lowest BCUT2D eigenvalue weighted by Gasteiger charge is -2.19. The summed E-state index contributed by atoms with van der Waals surface area (Å²) in [7, 11) is 1.65. The third kappa shape index (κ3) is 9.32. The molecule has 0 spiro atoms. The van der Waals surface area contributed by atoms with Crippen LogP contribution in [0.3, 0.4) is 0 Å². The molecular formula is C35H47NO4. The summed E-state index contributed by atoms with van der Waals surface area (Å²) < 4.78 is 20.0. The number of hydrogen-bond donors (Lipinski definition) is 0. The van der Waals surface area contributed by atoms with Gasteiger partial charge in [0, 0.05) is 18.0 Å². The number of allylic oxidation sites excluding steroid dienone is 3. The molecule has 1 aromatic heterocycles. The minimum Gasteiger partial charge on any atom is -0.497 e. The minimum atomic E-state index is -0.159. The van der Waals surface area contributed by atoms with Gasteiger partial charge in [-0.1, -0.05) is 86.6 Å². The van der Waals surface area contributed by atoms with Crippen LogP contribution in [0.1, 0.15) is 84.6 Å². The Kier molecular flexibility index (Phi) is 12.9. The number of unbranched alkanes of at least 4 members (excludes halogenated alkanes) is 5. The number of aryl methyl sites for hydroxylation is 1. The van der Waals surface area contributed by atoms with E-state index in [0.29, 0.717) is 31.3 Å². The summed E-state index contributed by atoms with van der Waals surface area (Å²) in [6.45, 7) is 9.85. The molecule has 0 amide bonds. The van der Waals surface area contributed by atoms with Gasteiger partial charge in [0.05, 0.1) is 12.6 Å². The highest BCUT2D eigenvalue weighted by Gasteiger charge is 2.20. The summed E-state index contributed by atoms with van der Waals surface area (Å²) in [6.07, 6.45) is 13.2. The van der Waals surface area contributed by atoms with E-state index in [2.05, 4.69) is 39.8 Å². The zero-order chi connectivity index (χ0) is 28.7. The molecule has 40 heavy (non-hydrogen) atoms. The molecule has 3 aromatic rings. The first-order valence-corrected chi connectivity index (χ1v) is 14.8. The van der Waals surface area contributed by atoms with Crippen molar-refractivity contribution in [3.05, 3.63) is 87.7 Å². The number of pyridine rings is 1. The van der Waals surface area contributed by atoms with E-state index in [1.165, 1.54) is 36.8 Å². The van der Waals surface area contributed by atoms with E-state index in [1.807, 2.05) is 53.1 Å². The van der Waals surface area contributed by atoms with Crippen LogP contribution in [-0.2, 0) is 13.2 Å². The standard InChI is InChI=1S/C35H47NO4/c1-6-7-8-9-10-14-23-36-32-25-30(38-5)20-21-31(32)33(40-26-29-18-12-11-13-19-29)34(35(36)37)39-24-22-28(4)17-15-16-27(2)3/h11-13,16,18-22,25H,6-10,14-15,17,23-24,26H2,1-5H3/b28-22+. The molecule has 0 unspecified atom stereocenters. The van der Waals surface area contributed by atoms with Gasteiger partial charge in [0.15, 0.2) is 5.75 Å². The molecule has 0 radical (unpaired) electrons. The van der Waals surface area contributed by atoms with E-state index in [4.69, 9.17) is 14.2 Å². The number of ether oxygens (including phenoxy) is 3. The van der Waals surface area contributed by atoms with E-state index in [-0.39, 0.29) is 11.3 Å². The molecule has 0 atom stereocenters. The molecule has 3 rings (SSSR count). The van der Waals surface area contributed by atoms with Crippen LogP contribution in [0.4, 0.5) is 0 Å². The Balaban J connectivity index is 1.96. The molecule has 0 fully saturated rings. The first kappa shape index (κ1) is 31.1. The number of methoxy groups -OCH3 is 1. The fourth-order valence-electron chi connectivity index (χ4n) is 4.74. The Labute approximate surface area is 240 Å². The van der Waals surface area contributed by atoms with Crippen molar-refractivity contribution < 1.29 is 14.2 Å². The summed E-state index contributed by atoms with van der Waals surface area (Å²) in [5, 5.41) is 0.849.